The van der Waals surface area contributed by atoms with Crippen molar-refractivity contribution in [3.8, 4) is 11.8 Å². The summed E-state index contributed by atoms with van der Waals surface area (Å²) < 4.78 is 10.6. The molecule has 0 N–H and O–H groups in total. The molecule has 0 unspecified atom stereocenters. The van der Waals surface area contributed by atoms with Crippen LogP contribution in [0.4, 0.5) is 5.95 Å². The maximum Gasteiger partial charge on any atom is 0.229 e. The molecule has 6 nitrogen and oxygen atoms in total. The Hall–Kier alpha value is -3.41. The summed E-state index contributed by atoms with van der Waals surface area (Å²) in [5, 5.41) is 14.2. The molecule has 2 aliphatic rings. The van der Waals surface area contributed by atoms with Gasteiger partial charge < -0.3 is 9.64 Å². The highest BCUT2D eigenvalue weighted by molar-refractivity contribution is 9.10. The van der Waals surface area contributed by atoms with Crippen molar-refractivity contribution < 1.29 is 4.74 Å². The summed E-state index contributed by atoms with van der Waals surface area (Å²) in [7, 11) is 1.99. The average Bonchev–Trinajstić information content (AvgIpc) is 3.35. The van der Waals surface area contributed by atoms with Crippen molar-refractivity contribution in [2.75, 3.05) is 11.9 Å². The summed E-state index contributed by atoms with van der Waals surface area (Å²) in [5.74, 6) is 1.47. The van der Waals surface area contributed by atoms with Crippen molar-refractivity contribution in [2.24, 2.45) is 0 Å². The lowest BCUT2D eigenvalue weighted by atomic mass is 9.84. The van der Waals surface area contributed by atoms with Gasteiger partial charge in [0, 0.05) is 27.1 Å². The predicted molar refractivity (Wildman–Crippen MR) is 136 cm³/mol. The lowest BCUT2D eigenvalue weighted by molar-refractivity contribution is 0.222. The molecule has 2 aliphatic heterocycles. The first kappa shape index (κ1) is 21.1. The van der Waals surface area contributed by atoms with E-state index in [-0.39, 0.29) is 12.1 Å². The van der Waals surface area contributed by atoms with E-state index in [1.165, 1.54) is 0 Å². The number of hydrogen-bond donors (Lipinski definition) is 0. The largest absolute Gasteiger partial charge is 0.480 e. The first-order valence-corrected chi connectivity index (χ1v) is 12.2. The molecule has 1 aromatic heterocycles. The van der Waals surface area contributed by atoms with Gasteiger partial charge in [0.25, 0.3) is 0 Å². The van der Waals surface area contributed by atoms with Crippen molar-refractivity contribution >= 4 is 43.5 Å². The van der Waals surface area contributed by atoms with E-state index in [1.54, 1.807) is 12.4 Å². The van der Waals surface area contributed by atoms with E-state index < -0.39 is 0 Å². The van der Waals surface area contributed by atoms with Gasteiger partial charge >= 0.3 is 0 Å². The van der Waals surface area contributed by atoms with Crippen LogP contribution in [0.5, 0.6) is 5.75 Å². The third-order valence-electron chi connectivity index (χ3n) is 6.25. The maximum atomic E-state index is 9.58. The minimum absolute atomic E-state index is 0.232. The second kappa shape index (κ2) is 8.12. The molecular weight excluding hydrogens is 558 g/mol. The Balaban J connectivity index is 1.67. The van der Waals surface area contributed by atoms with Crippen LogP contribution in [0.3, 0.4) is 0 Å². The zero-order chi connectivity index (χ0) is 23.4. The number of hydrogen-bond acceptors (Lipinski definition) is 5. The smallest absolute Gasteiger partial charge is 0.229 e. The molecule has 4 aromatic rings. The van der Waals surface area contributed by atoms with Crippen LogP contribution in [0.15, 0.2) is 87.6 Å². The van der Waals surface area contributed by atoms with Gasteiger partial charge in [-0.2, -0.15) is 15.3 Å². The van der Waals surface area contributed by atoms with Gasteiger partial charge in [-0.15, -0.1) is 0 Å². The molecule has 3 heterocycles. The van der Waals surface area contributed by atoms with E-state index in [0.29, 0.717) is 5.56 Å². The van der Waals surface area contributed by atoms with Gasteiger partial charge in [0.05, 0.1) is 17.3 Å². The molecule has 0 radical (unpaired) electrons. The van der Waals surface area contributed by atoms with Gasteiger partial charge in [0.2, 0.25) is 5.95 Å². The van der Waals surface area contributed by atoms with Gasteiger partial charge in [0.15, 0.2) is 0 Å². The van der Waals surface area contributed by atoms with Crippen molar-refractivity contribution in [1.82, 2.24) is 14.8 Å². The summed E-state index contributed by atoms with van der Waals surface area (Å²) in [4.78, 5) is 6.62. The number of rotatable bonds is 2. The van der Waals surface area contributed by atoms with Crippen LogP contribution in [0.2, 0.25) is 0 Å². The summed E-state index contributed by atoms with van der Waals surface area (Å²) in [5.41, 5.74) is 5.59. The minimum Gasteiger partial charge on any atom is -0.480 e. The monoisotopic (exact) mass is 573 g/mol. The highest BCUT2D eigenvalue weighted by Crippen LogP contribution is 2.52. The number of fused-ring (bicyclic) bond motifs is 3. The highest BCUT2D eigenvalue weighted by atomic mass is 79.9. The van der Waals surface area contributed by atoms with Crippen LogP contribution in [-0.2, 0) is 0 Å². The summed E-state index contributed by atoms with van der Waals surface area (Å²) in [6.07, 6.45) is 1.23. The van der Waals surface area contributed by atoms with Crippen LogP contribution < -0.4 is 9.64 Å². The Morgan fingerprint density at radius 2 is 1.62 bits per heavy atom. The van der Waals surface area contributed by atoms with E-state index in [0.717, 1.165) is 48.6 Å². The number of nitrogens with zero attached hydrogens (tertiary/aromatic N) is 5. The van der Waals surface area contributed by atoms with Crippen LogP contribution in [-0.4, -0.2) is 21.8 Å². The number of benzene rings is 3. The molecule has 0 saturated heterocycles. The second-order valence-corrected chi connectivity index (χ2v) is 10.0. The fraction of sp³-hybridized carbons (Fsp3) is 0.115. The minimum atomic E-state index is -0.350. The van der Waals surface area contributed by atoms with E-state index in [2.05, 4.69) is 72.3 Å². The Kier molecular flexibility index (Phi) is 5.05. The SMILES string of the molecule is CN1C2=C([C@H](c3ccc(Br)cc3)n3ncnc31)[C@@H](c1ccc(Br)cc1)Oc1ccc(C#N)cc12. The molecule has 0 saturated carbocycles. The number of halogens is 2. The molecule has 0 fully saturated rings. The standard InChI is InChI=1S/C26H17Br2N5O/c1-32-24-20-12-15(13-29)2-11-21(20)34-25(17-5-9-19(28)10-6-17)22(24)23(33-26(32)30-14-31-33)16-3-7-18(27)8-4-16/h2-12,14,23,25H,1H3/t23-,25+/m0/s1. The number of aromatic nitrogens is 3. The Morgan fingerprint density at radius 1 is 0.941 bits per heavy atom. The van der Waals surface area contributed by atoms with E-state index in [1.807, 2.05) is 53.0 Å². The Labute approximate surface area is 213 Å². The van der Waals surface area contributed by atoms with Crippen LogP contribution >= 0.6 is 31.9 Å². The van der Waals surface area contributed by atoms with Gasteiger partial charge in [-0.1, -0.05) is 56.1 Å². The average molecular weight is 575 g/mol. The number of anilines is 1. The zero-order valence-electron chi connectivity index (χ0n) is 18.0. The number of nitriles is 1. The normalized spacial score (nSPS) is 18.5. The molecule has 0 amide bonds. The third kappa shape index (κ3) is 3.27. The molecule has 34 heavy (non-hydrogen) atoms. The lowest BCUT2D eigenvalue weighted by Gasteiger charge is -2.42. The van der Waals surface area contributed by atoms with Gasteiger partial charge in [-0.25, -0.2) is 4.68 Å². The van der Waals surface area contributed by atoms with Crippen LogP contribution in [0.25, 0.3) is 5.70 Å². The quantitative estimate of drug-likeness (QED) is 0.283. The second-order valence-electron chi connectivity index (χ2n) is 8.19. The summed E-state index contributed by atoms with van der Waals surface area (Å²) in [6.45, 7) is 0. The van der Waals surface area contributed by atoms with E-state index >= 15 is 0 Å². The molecule has 0 spiro atoms. The zero-order valence-corrected chi connectivity index (χ0v) is 21.2. The molecule has 0 aliphatic carbocycles. The topological polar surface area (TPSA) is 67.0 Å². The Bertz CT molecular complexity index is 1490. The van der Waals surface area contributed by atoms with Crippen molar-refractivity contribution in [1.29, 1.82) is 5.26 Å². The molecule has 3 aromatic carbocycles. The summed E-state index contributed by atoms with van der Waals surface area (Å²) >= 11 is 7.09. The lowest BCUT2D eigenvalue weighted by Crippen LogP contribution is -2.37. The molecular formula is C26H17Br2N5O. The van der Waals surface area contributed by atoms with Gasteiger partial charge in [-0.3, -0.25) is 0 Å². The first-order chi connectivity index (χ1) is 16.5. The first-order valence-electron chi connectivity index (χ1n) is 10.6. The van der Waals surface area contributed by atoms with E-state index in [9.17, 15) is 5.26 Å². The van der Waals surface area contributed by atoms with Gasteiger partial charge in [-0.05, 0) is 53.6 Å². The van der Waals surface area contributed by atoms with Crippen molar-refractivity contribution in [2.45, 2.75) is 12.1 Å². The van der Waals surface area contributed by atoms with Crippen molar-refractivity contribution in [3.63, 3.8) is 0 Å². The highest BCUT2D eigenvalue weighted by Gasteiger charge is 2.43. The summed E-state index contributed by atoms with van der Waals surface area (Å²) in [6, 6.07) is 24.0. The van der Waals surface area contributed by atoms with Crippen LogP contribution in [0, 0.1) is 11.3 Å². The molecule has 8 heteroatoms. The number of ether oxygens (including phenoxy) is 1. The Morgan fingerprint density at radius 3 is 2.29 bits per heavy atom. The maximum absolute atomic E-state index is 9.58. The van der Waals surface area contributed by atoms with E-state index in [4.69, 9.17) is 4.74 Å². The molecule has 0 bridgehead atoms. The third-order valence-corrected chi connectivity index (χ3v) is 7.31. The van der Waals surface area contributed by atoms with Crippen molar-refractivity contribution in [3.05, 3.63) is 110 Å². The fourth-order valence-electron chi connectivity index (χ4n) is 4.75. The fourth-order valence-corrected chi connectivity index (χ4v) is 5.28. The van der Waals surface area contributed by atoms with Gasteiger partial charge in [0.1, 0.15) is 24.2 Å². The molecule has 166 valence electrons. The molecule has 6 rings (SSSR count). The molecule has 2 atom stereocenters. The van der Waals surface area contributed by atoms with Crippen LogP contribution in [0.1, 0.15) is 34.4 Å². The predicted octanol–water partition coefficient (Wildman–Crippen LogP) is 6.26.